The van der Waals surface area contributed by atoms with Crippen LogP contribution in [0.5, 0.6) is 0 Å². The van der Waals surface area contributed by atoms with Crippen molar-refractivity contribution in [3.05, 3.63) is 24.0 Å². The van der Waals surface area contributed by atoms with Gasteiger partial charge in [-0.1, -0.05) is 0 Å². The molecule has 1 aromatic carbocycles. The van der Waals surface area contributed by atoms with Crippen molar-refractivity contribution in [2.45, 2.75) is 6.42 Å². The van der Waals surface area contributed by atoms with Crippen molar-refractivity contribution in [2.75, 3.05) is 5.73 Å². The van der Waals surface area contributed by atoms with E-state index in [0.29, 0.717) is 16.8 Å². The summed E-state index contributed by atoms with van der Waals surface area (Å²) in [6.45, 7) is 0. The van der Waals surface area contributed by atoms with Crippen LogP contribution in [0.3, 0.4) is 0 Å². The lowest BCUT2D eigenvalue weighted by Crippen LogP contribution is -2.01. The van der Waals surface area contributed by atoms with Gasteiger partial charge in [-0.2, -0.15) is 0 Å². The van der Waals surface area contributed by atoms with E-state index in [-0.39, 0.29) is 6.42 Å². The third kappa shape index (κ3) is 1.39. The summed E-state index contributed by atoms with van der Waals surface area (Å²) in [4.78, 5) is 17.5. The summed E-state index contributed by atoms with van der Waals surface area (Å²) in [6.07, 6.45) is 1.46. The van der Waals surface area contributed by atoms with Crippen LogP contribution < -0.4 is 5.73 Å². The molecule has 1 aromatic heterocycles. The maximum absolute atomic E-state index is 10.6. The number of imidazole rings is 1. The smallest absolute Gasteiger partial charge is 0.307 e. The highest BCUT2D eigenvalue weighted by molar-refractivity contribution is 5.85. The van der Waals surface area contributed by atoms with Gasteiger partial charge in [0.2, 0.25) is 0 Å². The number of nitrogen functional groups attached to an aromatic ring is 1. The van der Waals surface area contributed by atoms with Gasteiger partial charge < -0.3 is 15.8 Å². The van der Waals surface area contributed by atoms with Crippen LogP contribution >= 0.6 is 0 Å². The molecule has 0 saturated heterocycles. The summed E-state index contributed by atoms with van der Waals surface area (Å²) >= 11 is 0. The monoisotopic (exact) mass is 191 g/mol. The van der Waals surface area contributed by atoms with Crippen LogP contribution in [0.25, 0.3) is 11.0 Å². The van der Waals surface area contributed by atoms with Gasteiger partial charge in [0.05, 0.1) is 23.8 Å². The fourth-order valence-electron chi connectivity index (χ4n) is 1.45. The van der Waals surface area contributed by atoms with Gasteiger partial charge in [-0.05, 0) is 17.7 Å². The Morgan fingerprint density at radius 2 is 2.36 bits per heavy atom. The summed E-state index contributed by atoms with van der Waals surface area (Å²) in [7, 11) is 0. The lowest BCUT2D eigenvalue weighted by atomic mass is 10.1. The fourth-order valence-corrected chi connectivity index (χ4v) is 1.45. The van der Waals surface area contributed by atoms with E-state index in [1.807, 2.05) is 0 Å². The first kappa shape index (κ1) is 8.55. The summed E-state index contributed by atoms with van der Waals surface area (Å²) in [5.74, 6) is -0.889. The zero-order valence-electron chi connectivity index (χ0n) is 7.32. The SMILES string of the molecule is Nc1cc(CC(=O)O)c2nc[nH]c2c1. The molecule has 2 rings (SSSR count). The molecule has 2 aromatic rings. The standard InChI is InChI=1S/C9H9N3O2/c10-6-1-5(2-8(13)14)9-7(3-6)11-4-12-9/h1,3-4H,2,10H2,(H,11,12)(H,13,14). The molecule has 0 radical (unpaired) electrons. The van der Waals surface area contributed by atoms with Crippen LogP contribution in [0.15, 0.2) is 18.5 Å². The minimum atomic E-state index is -0.889. The predicted octanol–water partition coefficient (Wildman–Crippen LogP) is 0.772. The van der Waals surface area contributed by atoms with Crippen LogP contribution in [0.4, 0.5) is 5.69 Å². The Labute approximate surface area is 79.6 Å². The van der Waals surface area contributed by atoms with Gasteiger partial charge in [-0.3, -0.25) is 4.79 Å². The molecule has 0 aliphatic carbocycles. The molecular formula is C9H9N3O2. The molecule has 0 aliphatic rings. The number of fused-ring (bicyclic) bond motifs is 1. The van der Waals surface area contributed by atoms with Crippen molar-refractivity contribution in [2.24, 2.45) is 0 Å². The summed E-state index contributed by atoms with van der Waals surface area (Å²) in [5.41, 5.74) is 8.22. The van der Waals surface area contributed by atoms with E-state index in [1.165, 1.54) is 6.33 Å². The number of nitrogens with one attached hydrogen (secondary N) is 1. The average Bonchev–Trinajstić information content (AvgIpc) is 2.50. The number of carbonyl (C=O) groups is 1. The molecule has 4 N–H and O–H groups in total. The molecule has 0 saturated carbocycles. The Bertz CT molecular complexity index is 490. The van der Waals surface area contributed by atoms with Crippen LogP contribution in [0.1, 0.15) is 5.56 Å². The van der Waals surface area contributed by atoms with Gasteiger partial charge in [0.1, 0.15) is 0 Å². The van der Waals surface area contributed by atoms with Crippen LogP contribution in [-0.4, -0.2) is 21.0 Å². The molecule has 5 heteroatoms. The van der Waals surface area contributed by atoms with Gasteiger partial charge in [0.25, 0.3) is 0 Å². The Morgan fingerprint density at radius 1 is 1.57 bits per heavy atom. The number of nitrogens with two attached hydrogens (primary N) is 1. The van der Waals surface area contributed by atoms with Gasteiger partial charge >= 0.3 is 5.97 Å². The zero-order chi connectivity index (χ0) is 10.1. The first-order valence-electron chi connectivity index (χ1n) is 4.10. The van der Waals surface area contributed by atoms with E-state index in [2.05, 4.69) is 9.97 Å². The highest BCUT2D eigenvalue weighted by Gasteiger charge is 2.08. The van der Waals surface area contributed by atoms with Gasteiger partial charge in [-0.15, -0.1) is 0 Å². The minimum Gasteiger partial charge on any atom is -0.481 e. The number of aliphatic carboxylic acids is 1. The Kier molecular flexibility index (Phi) is 1.85. The van der Waals surface area contributed by atoms with Gasteiger partial charge in [0, 0.05) is 5.69 Å². The van der Waals surface area contributed by atoms with Crippen molar-refractivity contribution in [1.82, 2.24) is 9.97 Å². The predicted molar refractivity (Wildman–Crippen MR) is 51.8 cm³/mol. The lowest BCUT2D eigenvalue weighted by Gasteiger charge is -2.00. The minimum absolute atomic E-state index is 0.0631. The molecule has 0 unspecified atom stereocenters. The highest BCUT2D eigenvalue weighted by Crippen LogP contribution is 2.19. The zero-order valence-corrected chi connectivity index (χ0v) is 7.32. The molecule has 5 nitrogen and oxygen atoms in total. The summed E-state index contributed by atoms with van der Waals surface area (Å²) < 4.78 is 0. The Balaban J connectivity index is 2.60. The second kappa shape index (κ2) is 3.02. The van der Waals surface area contributed by atoms with Crippen LogP contribution in [0.2, 0.25) is 0 Å². The van der Waals surface area contributed by atoms with Crippen molar-refractivity contribution in [1.29, 1.82) is 0 Å². The van der Waals surface area contributed by atoms with Crippen molar-refractivity contribution >= 4 is 22.7 Å². The van der Waals surface area contributed by atoms with E-state index in [1.54, 1.807) is 12.1 Å². The van der Waals surface area contributed by atoms with E-state index in [9.17, 15) is 4.79 Å². The maximum atomic E-state index is 10.6. The molecule has 0 spiro atoms. The largest absolute Gasteiger partial charge is 0.481 e. The second-order valence-corrected chi connectivity index (χ2v) is 3.05. The summed E-state index contributed by atoms with van der Waals surface area (Å²) in [6, 6.07) is 3.37. The first-order valence-corrected chi connectivity index (χ1v) is 4.10. The topological polar surface area (TPSA) is 92.0 Å². The number of hydrogen-bond donors (Lipinski definition) is 3. The molecule has 72 valence electrons. The van der Waals surface area contributed by atoms with Crippen molar-refractivity contribution in [3.63, 3.8) is 0 Å². The van der Waals surface area contributed by atoms with Crippen LogP contribution in [-0.2, 0) is 11.2 Å². The molecule has 0 atom stereocenters. The molecule has 1 heterocycles. The Hall–Kier alpha value is -2.04. The third-order valence-corrected chi connectivity index (χ3v) is 1.97. The second-order valence-electron chi connectivity index (χ2n) is 3.05. The molecule has 0 amide bonds. The fraction of sp³-hybridized carbons (Fsp3) is 0.111. The average molecular weight is 191 g/mol. The quantitative estimate of drug-likeness (QED) is 0.611. The molecule has 0 bridgehead atoms. The van der Waals surface area contributed by atoms with E-state index >= 15 is 0 Å². The number of aromatic nitrogens is 2. The Morgan fingerprint density at radius 3 is 3.07 bits per heavy atom. The van der Waals surface area contributed by atoms with Crippen LogP contribution in [0, 0.1) is 0 Å². The molecule has 0 aliphatic heterocycles. The third-order valence-electron chi connectivity index (χ3n) is 1.97. The number of nitrogens with zero attached hydrogens (tertiary/aromatic N) is 1. The number of hydrogen-bond acceptors (Lipinski definition) is 3. The normalized spacial score (nSPS) is 10.6. The van der Waals surface area contributed by atoms with E-state index in [4.69, 9.17) is 10.8 Å². The number of anilines is 1. The molecule has 0 fully saturated rings. The summed E-state index contributed by atoms with van der Waals surface area (Å²) in [5, 5.41) is 8.68. The number of H-pyrrole nitrogens is 1. The molecule has 14 heavy (non-hydrogen) atoms. The number of carboxylic acids is 1. The van der Waals surface area contributed by atoms with Gasteiger partial charge in [0.15, 0.2) is 0 Å². The lowest BCUT2D eigenvalue weighted by molar-refractivity contribution is -0.136. The van der Waals surface area contributed by atoms with E-state index in [0.717, 1.165) is 5.52 Å². The van der Waals surface area contributed by atoms with Crippen molar-refractivity contribution < 1.29 is 9.90 Å². The highest BCUT2D eigenvalue weighted by atomic mass is 16.4. The number of carboxylic acid groups (broad SMARTS) is 1. The molecular weight excluding hydrogens is 182 g/mol. The van der Waals surface area contributed by atoms with Gasteiger partial charge in [-0.25, -0.2) is 4.98 Å². The maximum Gasteiger partial charge on any atom is 0.307 e. The number of rotatable bonds is 2. The first-order chi connectivity index (χ1) is 6.66. The van der Waals surface area contributed by atoms with E-state index < -0.39 is 5.97 Å². The van der Waals surface area contributed by atoms with Crippen molar-refractivity contribution in [3.8, 4) is 0 Å². The number of benzene rings is 1. The number of aromatic amines is 1.